The van der Waals surface area contributed by atoms with Crippen molar-refractivity contribution in [3.63, 3.8) is 0 Å². The first-order chi connectivity index (χ1) is 5.07. The first-order valence-corrected chi connectivity index (χ1v) is 3.97. The fourth-order valence-corrected chi connectivity index (χ4v) is 0.762. The van der Waals surface area contributed by atoms with E-state index in [0.29, 0.717) is 19.0 Å². The third-order valence-electron chi connectivity index (χ3n) is 1.56. The van der Waals surface area contributed by atoms with Crippen LogP contribution in [0.5, 0.6) is 0 Å². The molecule has 0 aromatic heterocycles. The molecule has 0 aliphatic rings. The Labute approximate surface area is 67.3 Å². The molecule has 11 heavy (non-hydrogen) atoms. The van der Waals surface area contributed by atoms with Crippen LogP contribution in [0.15, 0.2) is 0 Å². The molecular formula is C7H16N2O2. The number of rotatable bonds is 5. The first kappa shape index (κ1) is 10.2. The van der Waals surface area contributed by atoms with Gasteiger partial charge in [-0.3, -0.25) is 0 Å². The lowest BCUT2D eigenvalue weighted by molar-refractivity contribution is -0.655. The van der Waals surface area contributed by atoms with Gasteiger partial charge in [0.1, 0.15) is 0 Å². The van der Waals surface area contributed by atoms with Crippen LogP contribution in [0, 0.1) is 16.0 Å². The van der Waals surface area contributed by atoms with Gasteiger partial charge in [-0.2, -0.15) is 0 Å². The summed E-state index contributed by atoms with van der Waals surface area (Å²) < 4.78 is 0. The Kier molecular flexibility index (Phi) is 4.57. The fourth-order valence-electron chi connectivity index (χ4n) is 0.762. The van der Waals surface area contributed by atoms with Crippen LogP contribution in [-0.2, 0) is 0 Å². The molecule has 0 bridgehead atoms. The molecule has 0 fully saturated rings. The summed E-state index contributed by atoms with van der Waals surface area (Å²) in [6.45, 7) is 6.96. The zero-order valence-electron chi connectivity index (χ0n) is 7.41. The van der Waals surface area contributed by atoms with Gasteiger partial charge in [-0.1, -0.05) is 13.8 Å². The molecule has 66 valence electrons. The summed E-state index contributed by atoms with van der Waals surface area (Å²) in [5, 5.41) is 11.2. The molecule has 0 aliphatic carbocycles. The zero-order chi connectivity index (χ0) is 8.85. The van der Waals surface area contributed by atoms with E-state index in [-0.39, 0.29) is 5.03 Å². The predicted octanol–water partition coefficient (Wildman–Crippen LogP) is 1.55. The topological polar surface area (TPSA) is 46.4 Å². The van der Waals surface area contributed by atoms with E-state index in [4.69, 9.17) is 0 Å². The van der Waals surface area contributed by atoms with Gasteiger partial charge in [0.05, 0.1) is 13.1 Å². The number of hydrazine groups is 1. The van der Waals surface area contributed by atoms with Crippen LogP contribution in [0.25, 0.3) is 0 Å². The smallest absolute Gasteiger partial charge is 0.160 e. The quantitative estimate of drug-likeness (QED) is 0.452. The Morgan fingerprint density at radius 1 is 1.55 bits per heavy atom. The van der Waals surface area contributed by atoms with Crippen molar-refractivity contribution in [1.29, 1.82) is 0 Å². The van der Waals surface area contributed by atoms with Gasteiger partial charge in [0.2, 0.25) is 0 Å². The van der Waals surface area contributed by atoms with Crippen molar-refractivity contribution in [2.24, 2.45) is 5.92 Å². The zero-order valence-corrected chi connectivity index (χ0v) is 7.41. The van der Waals surface area contributed by atoms with Crippen molar-refractivity contribution in [2.45, 2.75) is 27.2 Å². The highest BCUT2D eigenvalue weighted by atomic mass is 16.7. The molecule has 0 aromatic rings. The van der Waals surface area contributed by atoms with Crippen LogP contribution in [0.2, 0.25) is 0 Å². The average molecular weight is 160 g/mol. The molecule has 0 radical (unpaired) electrons. The maximum Gasteiger partial charge on any atom is 0.160 e. The minimum absolute atomic E-state index is 0.331. The molecule has 4 heteroatoms. The molecule has 0 saturated carbocycles. The number of nitro groups is 1. The SMILES string of the molecule is CCN(CCC(C)C)[N+](=O)[O-]. The van der Waals surface area contributed by atoms with Crippen molar-refractivity contribution in [2.75, 3.05) is 13.1 Å². The Balaban J connectivity index is 3.61. The summed E-state index contributed by atoms with van der Waals surface area (Å²) in [5.74, 6) is 0.531. The number of nitrogens with zero attached hydrogens (tertiary/aromatic N) is 2. The molecule has 0 amide bonds. The van der Waals surface area contributed by atoms with E-state index in [2.05, 4.69) is 13.8 Å². The maximum atomic E-state index is 10.3. The van der Waals surface area contributed by atoms with E-state index in [9.17, 15) is 10.1 Å². The fraction of sp³-hybridized carbons (Fsp3) is 1.00. The summed E-state index contributed by atoms with van der Waals surface area (Å²) in [6.07, 6.45) is 0.884. The summed E-state index contributed by atoms with van der Waals surface area (Å²) in [5.41, 5.74) is 0. The molecule has 0 unspecified atom stereocenters. The Bertz CT molecular complexity index is 126. The third-order valence-corrected chi connectivity index (χ3v) is 1.56. The highest BCUT2D eigenvalue weighted by molar-refractivity contribution is 4.47. The molecule has 0 heterocycles. The van der Waals surface area contributed by atoms with Crippen LogP contribution < -0.4 is 0 Å². The van der Waals surface area contributed by atoms with E-state index >= 15 is 0 Å². The summed E-state index contributed by atoms with van der Waals surface area (Å²) >= 11 is 0. The Morgan fingerprint density at radius 2 is 2.09 bits per heavy atom. The van der Waals surface area contributed by atoms with E-state index in [1.165, 1.54) is 5.01 Å². The monoisotopic (exact) mass is 160 g/mol. The predicted molar refractivity (Wildman–Crippen MR) is 43.7 cm³/mol. The molecule has 0 aliphatic heterocycles. The highest BCUT2D eigenvalue weighted by Crippen LogP contribution is 2.01. The van der Waals surface area contributed by atoms with Crippen LogP contribution >= 0.6 is 0 Å². The van der Waals surface area contributed by atoms with Crippen molar-refractivity contribution in [3.05, 3.63) is 10.1 Å². The highest BCUT2D eigenvalue weighted by Gasteiger charge is 2.10. The molecule has 0 saturated heterocycles. The number of hydrogen-bond donors (Lipinski definition) is 0. The molecule has 0 aromatic carbocycles. The normalized spacial score (nSPS) is 10.2. The summed E-state index contributed by atoms with van der Waals surface area (Å²) in [4.78, 5) is 10.3. The van der Waals surface area contributed by atoms with E-state index < -0.39 is 0 Å². The van der Waals surface area contributed by atoms with E-state index in [1.807, 2.05) is 0 Å². The van der Waals surface area contributed by atoms with Crippen molar-refractivity contribution in [3.8, 4) is 0 Å². The second kappa shape index (κ2) is 4.93. The average Bonchev–Trinajstić information content (AvgIpc) is 1.87. The lowest BCUT2D eigenvalue weighted by Gasteiger charge is -2.12. The van der Waals surface area contributed by atoms with Gasteiger partial charge < -0.3 is 0 Å². The van der Waals surface area contributed by atoms with E-state index in [1.54, 1.807) is 6.92 Å². The van der Waals surface area contributed by atoms with Gasteiger partial charge >= 0.3 is 0 Å². The minimum atomic E-state index is -0.331. The Morgan fingerprint density at radius 3 is 2.36 bits per heavy atom. The summed E-state index contributed by atoms with van der Waals surface area (Å²) in [7, 11) is 0. The van der Waals surface area contributed by atoms with Crippen molar-refractivity contribution in [1.82, 2.24) is 5.01 Å². The second-order valence-corrected chi connectivity index (χ2v) is 2.97. The van der Waals surface area contributed by atoms with Crippen LogP contribution in [0.4, 0.5) is 0 Å². The lowest BCUT2D eigenvalue weighted by atomic mass is 10.1. The van der Waals surface area contributed by atoms with Gasteiger partial charge in [0, 0.05) is 0 Å². The molecule has 0 N–H and O–H groups in total. The third kappa shape index (κ3) is 4.58. The first-order valence-electron chi connectivity index (χ1n) is 3.97. The molecule has 0 atom stereocenters. The van der Waals surface area contributed by atoms with Crippen LogP contribution in [0.3, 0.4) is 0 Å². The van der Waals surface area contributed by atoms with Crippen molar-refractivity contribution >= 4 is 0 Å². The summed E-state index contributed by atoms with van der Waals surface area (Å²) in [6, 6.07) is 0. The molecule has 4 nitrogen and oxygen atoms in total. The van der Waals surface area contributed by atoms with Crippen LogP contribution in [-0.4, -0.2) is 23.1 Å². The Hall–Kier alpha value is -0.800. The van der Waals surface area contributed by atoms with E-state index in [0.717, 1.165) is 6.42 Å². The lowest BCUT2D eigenvalue weighted by Crippen LogP contribution is -2.31. The molecule has 0 rings (SSSR count). The molecule has 0 spiro atoms. The maximum absolute atomic E-state index is 10.3. The number of hydrogen-bond acceptors (Lipinski definition) is 2. The van der Waals surface area contributed by atoms with Gasteiger partial charge in [0.25, 0.3) is 0 Å². The van der Waals surface area contributed by atoms with Gasteiger partial charge in [0.15, 0.2) is 5.03 Å². The minimum Gasteiger partial charge on any atom is -0.235 e. The largest absolute Gasteiger partial charge is 0.235 e. The van der Waals surface area contributed by atoms with Gasteiger partial charge in [-0.25, -0.2) is 10.1 Å². The standard InChI is InChI=1S/C7H16N2O2/c1-4-8(9(10)11)6-5-7(2)3/h7H,4-6H2,1-3H3. The van der Waals surface area contributed by atoms with Gasteiger partial charge in [-0.05, 0) is 19.3 Å². The van der Waals surface area contributed by atoms with Crippen LogP contribution in [0.1, 0.15) is 27.2 Å². The molecular weight excluding hydrogens is 144 g/mol. The van der Waals surface area contributed by atoms with Gasteiger partial charge in [-0.15, -0.1) is 5.01 Å². The van der Waals surface area contributed by atoms with Crippen molar-refractivity contribution < 1.29 is 5.03 Å². The second-order valence-electron chi connectivity index (χ2n) is 2.97.